The van der Waals surface area contributed by atoms with Gasteiger partial charge in [-0.05, 0) is 43.7 Å². The monoisotopic (exact) mass is 548 g/mol. The van der Waals surface area contributed by atoms with Gasteiger partial charge >= 0.3 is 5.97 Å². The highest BCUT2D eigenvalue weighted by Gasteiger charge is 2.31. The van der Waals surface area contributed by atoms with Crippen molar-refractivity contribution >= 4 is 23.4 Å². The molecule has 2 aromatic carbocycles. The van der Waals surface area contributed by atoms with Gasteiger partial charge < -0.3 is 23.7 Å². The fourth-order valence-corrected chi connectivity index (χ4v) is 5.16. The normalized spacial score (nSPS) is 14.4. The predicted octanol–water partition coefficient (Wildman–Crippen LogP) is 2.84. The number of carbonyl (C=O) groups excluding carboxylic acids is 1. The van der Waals surface area contributed by atoms with Crippen LogP contribution in [0, 0.1) is 12.3 Å². The van der Waals surface area contributed by atoms with E-state index in [2.05, 4.69) is 10.9 Å². The van der Waals surface area contributed by atoms with Crippen molar-refractivity contribution in [3.05, 3.63) is 79.0 Å². The van der Waals surface area contributed by atoms with Crippen LogP contribution >= 0.6 is 11.3 Å². The fourth-order valence-electron chi connectivity index (χ4n) is 4.20. The fraction of sp³-hybridized carbons (Fsp3) is 0.276. The molecule has 0 aliphatic carbocycles. The molecule has 0 bridgehead atoms. The summed E-state index contributed by atoms with van der Waals surface area (Å²) in [6.45, 7) is 4.65. The number of nitrogens with zero attached hydrogens (tertiary/aromatic N) is 2. The van der Waals surface area contributed by atoms with Crippen molar-refractivity contribution in [2.45, 2.75) is 19.9 Å². The second kappa shape index (κ2) is 12.4. The minimum absolute atomic E-state index is 0.0326. The Morgan fingerprint density at radius 2 is 1.87 bits per heavy atom. The molecule has 2 heterocycles. The maximum absolute atomic E-state index is 13.9. The third-order valence-electron chi connectivity index (χ3n) is 5.82. The van der Waals surface area contributed by atoms with E-state index in [-0.39, 0.29) is 17.7 Å². The van der Waals surface area contributed by atoms with Gasteiger partial charge in [0.05, 0.1) is 43.6 Å². The summed E-state index contributed by atoms with van der Waals surface area (Å²) in [5.41, 5.74) is 1.12. The van der Waals surface area contributed by atoms with E-state index >= 15 is 0 Å². The lowest BCUT2D eigenvalue weighted by molar-refractivity contribution is -0.136. The van der Waals surface area contributed by atoms with Crippen molar-refractivity contribution < 1.29 is 28.5 Å². The molecule has 4 rings (SSSR count). The average molecular weight is 549 g/mol. The number of esters is 1. The number of ether oxygens (including phenoxy) is 5. The summed E-state index contributed by atoms with van der Waals surface area (Å²) in [5, 5.41) is 0. The van der Waals surface area contributed by atoms with Crippen LogP contribution in [0.3, 0.4) is 0 Å². The first kappa shape index (κ1) is 27.5. The Morgan fingerprint density at radius 3 is 2.56 bits per heavy atom. The molecule has 1 aliphatic heterocycles. The Balaban J connectivity index is 1.91. The Morgan fingerprint density at radius 1 is 1.10 bits per heavy atom. The van der Waals surface area contributed by atoms with E-state index in [0.29, 0.717) is 56.7 Å². The Hall–Kier alpha value is -4.49. The first-order chi connectivity index (χ1) is 19.0. The van der Waals surface area contributed by atoms with E-state index in [9.17, 15) is 9.59 Å². The maximum atomic E-state index is 13.9. The number of fused-ring (bicyclic) bond motifs is 1. The number of hydrogen-bond donors (Lipinski definition) is 0. The first-order valence-electron chi connectivity index (χ1n) is 12.2. The van der Waals surface area contributed by atoms with Crippen molar-refractivity contribution in [2.75, 3.05) is 34.0 Å². The zero-order chi connectivity index (χ0) is 27.9. The number of para-hydroxylation sites is 1. The molecule has 9 nitrogen and oxygen atoms in total. The zero-order valence-electron chi connectivity index (χ0n) is 22.1. The van der Waals surface area contributed by atoms with Crippen molar-refractivity contribution in [3.63, 3.8) is 0 Å². The quantitative estimate of drug-likeness (QED) is 0.284. The lowest BCUT2D eigenvalue weighted by atomic mass is 9.97. The van der Waals surface area contributed by atoms with Crippen LogP contribution in [0.1, 0.15) is 31.0 Å². The SMILES string of the molecule is C#CCOc1c(/C=c2/sc3n(c2=O)[C@@H](c2ccc(OCC)c(OCC)c2)C(C(=O)OC)=CN=3)cccc1OC. The highest BCUT2D eigenvalue weighted by Crippen LogP contribution is 2.35. The van der Waals surface area contributed by atoms with Crippen molar-refractivity contribution in [1.82, 2.24) is 4.57 Å². The third-order valence-corrected chi connectivity index (χ3v) is 6.82. The molecule has 0 fully saturated rings. The number of carbonyl (C=O) groups is 1. The maximum Gasteiger partial charge on any atom is 0.337 e. The highest BCUT2D eigenvalue weighted by molar-refractivity contribution is 7.07. The van der Waals surface area contributed by atoms with E-state index in [1.807, 2.05) is 13.8 Å². The Kier molecular flexibility index (Phi) is 8.74. The zero-order valence-corrected chi connectivity index (χ0v) is 22.9. The van der Waals surface area contributed by atoms with Gasteiger partial charge in [0.25, 0.3) is 5.56 Å². The van der Waals surface area contributed by atoms with E-state index in [1.165, 1.54) is 36.3 Å². The van der Waals surface area contributed by atoms with Gasteiger partial charge in [0.1, 0.15) is 6.61 Å². The predicted molar refractivity (Wildman–Crippen MR) is 147 cm³/mol. The van der Waals surface area contributed by atoms with Crippen molar-refractivity contribution in [1.29, 1.82) is 0 Å². The van der Waals surface area contributed by atoms with Gasteiger partial charge in [-0.25, -0.2) is 9.79 Å². The summed E-state index contributed by atoms with van der Waals surface area (Å²) in [4.78, 5) is 31.5. The second-order valence-electron chi connectivity index (χ2n) is 8.12. The molecule has 0 saturated carbocycles. The molecule has 1 aliphatic rings. The lowest BCUT2D eigenvalue weighted by Crippen LogP contribution is -2.39. The number of aromatic nitrogens is 1. The topological polar surface area (TPSA) is 97.6 Å². The summed E-state index contributed by atoms with van der Waals surface area (Å²) >= 11 is 1.19. The molecule has 1 atom stereocenters. The van der Waals surface area contributed by atoms with Gasteiger partial charge in [-0.2, -0.15) is 0 Å². The minimum atomic E-state index is -0.798. The van der Waals surface area contributed by atoms with E-state index < -0.39 is 12.0 Å². The number of hydrogen-bond acceptors (Lipinski definition) is 9. The standard InChI is InChI=1S/C29H28N2O7S/c1-6-14-38-26-19(10-9-11-22(26)34-4)16-24-27(32)31-25(20(28(33)35-5)17-30-29(31)39-24)18-12-13-21(36-7-2)23(15-18)37-8-3/h1,9-13,15-17,25H,7-8,14H2,2-5H3/b24-16+/t25-/m0/s1. The smallest absolute Gasteiger partial charge is 0.337 e. The largest absolute Gasteiger partial charge is 0.493 e. The molecule has 0 N–H and O–H groups in total. The van der Waals surface area contributed by atoms with Crippen molar-refractivity contribution in [2.24, 2.45) is 4.99 Å². The van der Waals surface area contributed by atoms with Gasteiger partial charge in [0.2, 0.25) is 0 Å². The summed E-state index contributed by atoms with van der Waals surface area (Å²) in [7, 11) is 2.81. The number of methoxy groups -OCH3 is 2. The number of rotatable bonds is 10. The molecule has 3 aromatic rings. The van der Waals surface area contributed by atoms with Gasteiger partial charge in [-0.15, -0.1) is 6.42 Å². The summed E-state index contributed by atoms with van der Waals surface area (Å²) in [6.07, 6.45) is 8.52. The highest BCUT2D eigenvalue weighted by atomic mass is 32.1. The van der Waals surface area contributed by atoms with Crippen LogP contribution in [-0.2, 0) is 9.53 Å². The molecule has 0 amide bonds. The summed E-state index contributed by atoms with van der Waals surface area (Å²) < 4.78 is 29.5. The Labute approximate surface area is 229 Å². The third kappa shape index (κ3) is 5.54. The average Bonchev–Trinajstić information content (AvgIpc) is 3.27. The van der Waals surface area contributed by atoms with Crippen LogP contribution in [0.4, 0.5) is 0 Å². The molecule has 0 unspecified atom stereocenters. The first-order valence-corrected chi connectivity index (χ1v) is 13.0. The molecule has 10 heteroatoms. The molecule has 0 radical (unpaired) electrons. The molecule has 0 saturated heterocycles. The van der Waals surface area contributed by atoms with Gasteiger partial charge in [-0.3, -0.25) is 9.36 Å². The van der Waals surface area contributed by atoms with E-state index in [0.717, 1.165) is 0 Å². The second-order valence-corrected chi connectivity index (χ2v) is 9.13. The van der Waals surface area contributed by atoms with Crippen LogP contribution in [0.2, 0.25) is 0 Å². The summed E-state index contributed by atoms with van der Waals surface area (Å²) in [6, 6.07) is 9.86. The molecular weight excluding hydrogens is 520 g/mol. The van der Waals surface area contributed by atoms with Crippen LogP contribution in [0.25, 0.3) is 6.08 Å². The number of benzene rings is 2. The lowest BCUT2D eigenvalue weighted by Gasteiger charge is -2.23. The van der Waals surface area contributed by atoms with Crippen LogP contribution < -0.4 is 33.8 Å². The van der Waals surface area contributed by atoms with E-state index in [4.69, 9.17) is 30.1 Å². The van der Waals surface area contributed by atoms with Gasteiger partial charge in [0, 0.05) is 11.8 Å². The Bertz CT molecular complexity index is 1630. The van der Waals surface area contributed by atoms with Gasteiger partial charge in [0.15, 0.2) is 27.8 Å². The van der Waals surface area contributed by atoms with Crippen LogP contribution in [0.5, 0.6) is 23.0 Å². The summed E-state index contributed by atoms with van der Waals surface area (Å²) in [5.74, 6) is 3.82. The molecule has 0 spiro atoms. The molecule has 1 aromatic heterocycles. The molecule has 39 heavy (non-hydrogen) atoms. The minimum Gasteiger partial charge on any atom is -0.493 e. The van der Waals surface area contributed by atoms with Crippen LogP contribution in [0.15, 0.2) is 58.0 Å². The molecular formula is C29H28N2O7S. The van der Waals surface area contributed by atoms with Crippen LogP contribution in [-0.4, -0.2) is 44.6 Å². The molecule has 202 valence electrons. The van der Waals surface area contributed by atoms with Gasteiger partial charge in [-0.1, -0.05) is 35.5 Å². The van der Waals surface area contributed by atoms with Crippen molar-refractivity contribution in [3.8, 4) is 35.3 Å². The number of terminal acetylenes is 1. The van der Waals surface area contributed by atoms with E-state index in [1.54, 1.807) is 42.5 Å². The number of thiazole rings is 1.